The van der Waals surface area contributed by atoms with E-state index in [0.717, 1.165) is 24.1 Å². The molecule has 3 rings (SSSR count). The van der Waals surface area contributed by atoms with Crippen LogP contribution in [0.1, 0.15) is 31.2 Å². The fraction of sp³-hybridized carbons (Fsp3) is 0.235. The predicted octanol–water partition coefficient (Wildman–Crippen LogP) is 1.62. The predicted molar refractivity (Wildman–Crippen MR) is 97.5 cm³/mol. The number of rotatable bonds is 5. The largest absolute Gasteiger partial charge is 0.478 e. The van der Waals surface area contributed by atoms with Crippen LogP contribution in [0.2, 0.25) is 5.02 Å². The van der Waals surface area contributed by atoms with Gasteiger partial charge in [-0.3, -0.25) is 9.59 Å². The Morgan fingerprint density at radius 1 is 1.19 bits per heavy atom. The SMILES string of the molecule is O=C(NC(NC(=O)c1cc2c(cc1Cl)CNCC2)C(=O)O)c1cccs1. The van der Waals surface area contributed by atoms with Gasteiger partial charge in [0, 0.05) is 6.54 Å². The van der Waals surface area contributed by atoms with Crippen LogP contribution in [0.15, 0.2) is 29.6 Å². The van der Waals surface area contributed by atoms with Gasteiger partial charge in [-0.25, -0.2) is 4.79 Å². The highest BCUT2D eigenvalue weighted by molar-refractivity contribution is 7.12. The van der Waals surface area contributed by atoms with Crippen molar-refractivity contribution < 1.29 is 19.5 Å². The molecule has 2 aromatic rings. The topological polar surface area (TPSA) is 108 Å². The number of nitrogens with one attached hydrogen (secondary N) is 3. The summed E-state index contributed by atoms with van der Waals surface area (Å²) in [5, 5.41) is 19.1. The van der Waals surface area contributed by atoms with Crippen LogP contribution in [-0.4, -0.2) is 35.6 Å². The molecule has 1 unspecified atom stereocenters. The van der Waals surface area contributed by atoms with Crippen LogP contribution in [0.25, 0.3) is 0 Å². The number of hydrogen-bond donors (Lipinski definition) is 4. The summed E-state index contributed by atoms with van der Waals surface area (Å²) in [4.78, 5) is 36.3. The second-order valence-corrected chi connectivity index (χ2v) is 7.08. The van der Waals surface area contributed by atoms with E-state index in [1.165, 1.54) is 11.3 Å². The molecule has 0 saturated carbocycles. The molecule has 2 heterocycles. The van der Waals surface area contributed by atoms with Gasteiger partial charge >= 0.3 is 5.97 Å². The van der Waals surface area contributed by atoms with Crippen LogP contribution in [0.4, 0.5) is 0 Å². The first-order chi connectivity index (χ1) is 12.5. The zero-order valence-corrected chi connectivity index (χ0v) is 15.1. The summed E-state index contributed by atoms with van der Waals surface area (Å²) in [7, 11) is 0. The number of hydrogen-bond acceptors (Lipinski definition) is 5. The van der Waals surface area contributed by atoms with Gasteiger partial charge in [0.1, 0.15) is 0 Å². The van der Waals surface area contributed by atoms with Crippen molar-refractivity contribution in [1.29, 1.82) is 0 Å². The molecule has 7 nitrogen and oxygen atoms in total. The highest BCUT2D eigenvalue weighted by Crippen LogP contribution is 2.24. The van der Waals surface area contributed by atoms with Crippen molar-refractivity contribution in [2.75, 3.05) is 6.54 Å². The standard InChI is InChI=1S/C17H16ClN3O4S/c18-12-7-10-8-19-4-3-9(10)6-11(12)15(22)20-14(17(24)25)21-16(23)13-2-1-5-26-13/h1-2,5-7,14,19H,3-4,8H2,(H,20,22)(H,21,23)(H,24,25). The molecule has 2 amide bonds. The van der Waals surface area contributed by atoms with Crippen LogP contribution in [0.5, 0.6) is 0 Å². The lowest BCUT2D eigenvalue weighted by atomic mass is 9.98. The molecule has 0 bridgehead atoms. The van der Waals surface area contributed by atoms with E-state index in [2.05, 4.69) is 16.0 Å². The van der Waals surface area contributed by atoms with E-state index < -0.39 is 23.9 Å². The molecule has 0 aliphatic carbocycles. The van der Waals surface area contributed by atoms with Gasteiger partial charge in [-0.2, -0.15) is 0 Å². The van der Waals surface area contributed by atoms with Crippen LogP contribution in [0.3, 0.4) is 0 Å². The quantitative estimate of drug-likeness (QED) is 0.577. The summed E-state index contributed by atoms with van der Waals surface area (Å²) < 4.78 is 0. The first-order valence-electron chi connectivity index (χ1n) is 7.86. The maximum atomic E-state index is 12.5. The molecular weight excluding hydrogens is 378 g/mol. The summed E-state index contributed by atoms with van der Waals surface area (Å²) >= 11 is 7.36. The molecule has 1 aliphatic rings. The van der Waals surface area contributed by atoms with Crippen molar-refractivity contribution in [2.24, 2.45) is 0 Å². The highest BCUT2D eigenvalue weighted by atomic mass is 35.5. The van der Waals surface area contributed by atoms with Gasteiger partial charge in [-0.15, -0.1) is 11.3 Å². The number of thiophene rings is 1. The van der Waals surface area contributed by atoms with Crippen LogP contribution < -0.4 is 16.0 Å². The van der Waals surface area contributed by atoms with Crippen LogP contribution >= 0.6 is 22.9 Å². The number of benzene rings is 1. The first-order valence-corrected chi connectivity index (χ1v) is 9.11. The van der Waals surface area contributed by atoms with Gasteiger partial charge in [-0.1, -0.05) is 17.7 Å². The number of carboxylic acid groups (broad SMARTS) is 1. The monoisotopic (exact) mass is 393 g/mol. The molecule has 0 saturated heterocycles. The summed E-state index contributed by atoms with van der Waals surface area (Å²) in [6.07, 6.45) is -0.810. The average Bonchev–Trinajstić information content (AvgIpc) is 3.15. The maximum Gasteiger partial charge on any atom is 0.347 e. The smallest absolute Gasteiger partial charge is 0.347 e. The third kappa shape index (κ3) is 4.04. The van der Waals surface area contributed by atoms with E-state index in [9.17, 15) is 19.5 Å². The molecule has 1 atom stereocenters. The van der Waals surface area contributed by atoms with Gasteiger partial charge in [0.05, 0.1) is 15.5 Å². The summed E-state index contributed by atoms with van der Waals surface area (Å²) in [6, 6.07) is 6.62. The number of aliphatic carboxylic acids is 1. The van der Waals surface area contributed by atoms with Gasteiger partial charge in [0.25, 0.3) is 11.8 Å². The number of carboxylic acids is 1. The van der Waals surface area contributed by atoms with Crippen molar-refractivity contribution in [2.45, 2.75) is 19.1 Å². The van der Waals surface area contributed by atoms with Gasteiger partial charge < -0.3 is 21.1 Å². The zero-order valence-electron chi connectivity index (χ0n) is 13.5. The normalized spacial score (nSPS) is 14.2. The average molecular weight is 394 g/mol. The molecule has 0 fully saturated rings. The molecule has 0 spiro atoms. The Morgan fingerprint density at radius 2 is 1.96 bits per heavy atom. The fourth-order valence-electron chi connectivity index (χ4n) is 2.66. The minimum atomic E-state index is -1.56. The molecule has 0 radical (unpaired) electrons. The van der Waals surface area contributed by atoms with E-state index >= 15 is 0 Å². The van der Waals surface area contributed by atoms with E-state index in [0.29, 0.717) is 11.4 Å². The van der Waals surface area contributed by atoms with Crippen molar-refractivity contribution in [3.05, 3.63) is 56.2 Å². The maximum absolute atomic E-state index is 12.5. The number of carbonyl (C=O) groups excluding carboxylic acids is 2. The Bertz CT molecular complexity index is 854. The molecule has 1 aliphatic heterocycles. The summed E-state index contributed by atoms with van der Waals surface area (Å²) in [5.74, 6) is -2.60. The zero-order chi connectivity index (χ0) is 18.7. The Balaban J connectivity index is 1.76. The Hall–Kier alpha value is -2.42. The molecule has 1 aromatic heterocycles. The number of fused-ring (bicyclic) bond motifs is 1. The number of amides is 2. The minimum absolute atomic E-state index is 0.184. The second kappa shape index (κ2) is 7.86. The second-order valence-electron chi connectivity index (χ2n) is 5.72. The molecule has 9 heteroatoms. The van der Waals surface area contributed by atoms with Crippen LogP contribution in [-0.2, 0) is 17.8 Å². The number of carbonyl (C=O) groups is 3. The van der Waals surface area contributed by atoms with Gasteiger partial charge in [0.15, 0.2) is 0 Å². The molecule has 4 N–H and O–H groups in total. The molecule has 1 aromatic carbocycles. The van der Waals surface area contributed by atoms with Crippen LogP contribution in [0, 0.1) is 0 Å². The van der Waals surface area contributed by atoms with Crippen molar-refractivity contribution in [1.82, 2.24) is 16.0 Å². The van der Waals surface area contributed by atoms with Gasteiger partial charge in [0.2, 0.25) is 6.17 Å². The minimum Gasteiger partial charge on any atom is -0.478 e. The first kappa shape index (κ1) is 18.4. The van der Waals surface area contributed by atoms with Crippen molar-refractivity contribution >= 4 is 40.7 Å². The molecule has 136 valence electrons. The van der Waals surface area contributed by atoms with E-state index in [1.807, 2.05) is 0 Å². The van der Waals surface area contributed by atoms with E-state index in [-0.39, 0.29) is 10.6 Å². The van der Waals surface area contributed by atoms with Gasteiger partial charge in [-0.05, 0) is 47.7 Å². The summed E-state index contributed by atoms with van der Waals surface area (Å²) in [6.45, 7) is 1.47. The molecular formula is C17H16ClN3O4S. The van der Waals surface area contributed by atoms with E-state index in [4.69, 9.17) is 11.6 Å². The van der Waals surface area contributed by atoms with E-state index in [1.54, 1.807) is 29.6 Å². The highest BCUT2D eigenvalue weighted by Gasteiger charge is 2.25. The number of halogens is 1. The van der Waals surface area contributed by atoms with Crippen molar-refractivity contribution in [3.63, 3.8) is 0 Å². The lowest BCUT2D eigenvalue weighted by Crippen LogP contribution is -2.52. The Kier molecular flexibility index (Phi) is 5.55. The third-order valence-corrected chi connectivity index (χ3v) is 5.14. The van der Waals surface area contributed by atoms with Crippen molar-refractivity contribution in [3.8, 4) is 0 Å². The third-order valence-electron chi connectivity index (χ3n) is 3.96. The Labute approximate surface area is 158 Å². The molecule has 26 heavy (non-hydrogen) atoms. The fourth-order valence-corrected chi connectivity index (χ4v) is 3.55. The Morgan fingerprint density at radius 3 is 2.65 bits per heavy atom. The lowest BCUT2D eigenvalue weighted by molar-refractivity contribution is -0.139. The summed E-state index contributed by atoms with van der Waals surface area (Å²) in [5.41, 5.74) is 2.19. The lowest BCUT2D eigenvalue weighted by Gasteiger charge is -2.20.